The van der Waals surface area contributed by atoms with E-state index in [4.69, 9.17) is 14.2 Å². The maximum absolute atomic E-state index is 14.4. The largest absolute Gasteiger partial charge is 0.462 e. The molecule has 1 unspecified atom stereocenters. The minimum atomic E-state index is -1.32. The summed E-state index contributed by atoms with van der Waals surface area (Å²) in [6.45, 7) is 15.0. The van der Waals surface area contributed by atoms with Crippen LogP contribution in [0.4, 0.5) is 0 Å². The number of aromatic nitrogens is 2. The molecule has 0 radical (unpaired) electrons. The Kier molecular flexibility index (Phi) is 12.9. The quantitative estimate of drug-likeness (QED) is 0.0952. The fraction of sp³-hybridized carbons (Fsp3) is 0.500. The van der Waals surface area contributed by atoms with Gasteiger partial charge in [-0.1, -0.05) is 99.9 Å². The molecule has 1 atom stereocenters. The van der Waals surface area contributed by atoms with Gasteiger partial charge in [-0.25, -0.2) is 4.68 Å². The molecule has 0 N–H and O–H groups in total. The second-order valence-electron chi connectivity index (χ2n) is 14.7. The number of ketones is 1. The van der Waals surface area contributed by atoms with Crippen LogP contribution in [0.3, 0.4) is 0 Å². The van der Waals surface area contributed by atoms with E-state index in [0.29, 0.717) is 26.2 Å². The third-order valence-electron chi connectivity index (χ3n) is 8.29. The van der Waals surface area contributed by atoms with Crippen LogP contribution in [0, 0.1) is 0 Å². The van der Waals surface area contributed by atoms with E-state index in [1.165, 1.54) is 10.9 Å². The van der Waals surface area contributed by atoms with Crippen molar-refractivity contribution < 1.29 is 23.8 Å². The van der Waals surface area contributed by atoms with Crippen LogP contribution in [-0.4, -0.2) is 75.1 Å². The molecule has 0 spiro atoms. The van der Waals surface area contributed by atoms with Gasteiger partial charge >= 0.3 is 0 Å². The van der Waals surface area contributed by atoms with Crippen LogP contribution < -0.4 is 10.2 Å². The van der Waals surface area contributed by atoms with Crippen molar-refractivity contribution in [2.45, 2.75) is 89.3 Å². The Hall–Kier alpha value is -3.39. The monoisotopic (exact) mass is 677 g/mol. The third-order valence-corrected chi connectivity index (χ3v) is 11.7. The lowest BCUT2D eigenvalue weighted by molar-refractivity contribution is -0.125. The van der Waals surface area contributed by atoms with Gasteiger partial charge in [-0.05, 0) is 42.5 Å². The minimum Gasteiger partial charge on any atom is -0.462 e. The molecule has 0 saturated carbocycles. The Morgan fingerprint density at radius 2 is 1.43 bits per heavy atom. The first kappa shape index (κ1) is 36.4. The Morgan fingerprint density at radius 1 is 0.851 bits per heavy atom. The van der Waals surface area contributed by atoms with Gasteiger partial charge in [0.15, 0.2) is 24.0 Å². The van der Waals surface area contributed by atoms with Crippen molar-refractivity contribution in [2.24, 2.45) is 0 Å². The normalized spacial score (nSPS) is 15.6. The average molecular weight is 678 g/mol. The molecule has 1 aliphatic heterocycles. The topological polar surface area (TPSA) is 100.0 Å². The number of likely N-dealkylation sites (tertiary alicyclic amines) is 1. The second kappa shape index (κ2) is 16.6. The Labute approximate surface area is 281 Å². The van der Waals surface area contributed by atoms with E-state index in [0.717, 1.165) is 36.1 Å². The summed E-state index contributed by atoms with van der Waals surface area (Å²) in [6.07, 6.45) is 3.51. The zero-order valence-electron chi connectivity index (χ0n) is 28.9. The highest BCUT2D eigenvalue weighted by Gasteiger charge is 2.39. The zero-order chi connectivity index (χ0) is 34.0. The first-order valence-electron chi connectivity index (χ1n) is 16.7. The molecule has 1 fully saturated rings. The Bertz CT molecular complexity index is 1480. The summed E-state index contributed by atoms with van der Waals surface area (Å²) in [6, 6.07) is 20.5. The molecule has 1 amide bonds. The van der Waals surface area contributed by atoms with Gasteiger partial charge in [-0.3, -0.25) is 14.4 Å². The van der Waals surface area contributed by atoms with E-state index >= 15 is 0 Å². The van der Waals surface area contributed by atoms with Gasteiger partial charge in [0.25, 0.3) is 11.3 Å². The lowest BCUT2D eigenvalue weighted by Crippen LogP contribution is -2.51. The summed E-state index contributed by atoms with van der Waals surface area (Å²) in [4.78, 5) is 44.0. The molecule has 47 heavy (non-hydrogen) atoms. The van der Waals surface area contributed by atoms with Crippen LogP contribution in [0.25, 0.3) is 0 Å². The molecular formula is C36H51N3O6Si2. The third kappa shape index (κ3) is 10.8. The van der Waals surface area contributed by atoms with Gasteiger partial charge in [-0.2, -0.15) is 5.10 Å². The number of rotatable bonds is 16. The summed E-state index contributed by atoms with van der Waals surface area (Å²) in [7, 11) is -2.62. The van der Waals surface area contributed by atoms with Crippen LogP contribution in [-0.2, 0) is 21.0 Å². The molecule has 1 saturated heterocycles. The van der Waals surface area contributed by atoms with Crippen molar-refractivity contribution in [2.75, 3.05) is 26.6 Å². The van der Waals surface area contributed by atoms with Crippen LogP contribution >= 0.6 is 0 Å². The van der Waals surface area contributed by atoms with E-state index in [-0.39, 0.29) is 30.8 Å². The summed E-state index contributed by atoms with van der Waals surface area (Å²) in [5.41, 5.74) is 0.819. The van der Waals surface area contributed by atoms with Crippen LogP contribution in [0.1, 0.15) is 46.8 Å². The predicted octanol–water partition coefficient (Wildman–Crippen LogP) is 6.64. The highest BCUT2D eigenvalue weighted by Crippen LogP contribution is 2.31. The molecule has 1 aromatic heterocycles. The maximum Gasteiger partial charge on any atom is 0.279 e. The Balaban J connectivity index is 1.62. The van der Waals surface area contributed by atoms with Crippen molar-refractivity contribution >= 4 is 27.8 Å². The molecule has 3 aromatic rings. The highest BCUT2D eigenvalue weighted by molar-refractivity contribution is 6.76. The fourth-order valence-corrected chi connectivity index (χ4v) is 7.03. The van der Waals surface area contributed by atoms with E-state index in [1.54, 1.807) is 4.90 Å². The van der Waals surface area contributed by atoms with Gasteiger partial charge in [0.1, 0.15) is 6.73 Å². The van der Waals surface area contributed by atoms with Gasteiger partial charge in [-0.15, -0.1) is 0 Å². The number of ether oxygens (including phenoxy) is 3. The molecule has 2 aromatic carbocycles. The standard InChI is InChI=1S/C36H51N3O6Si2/c1-46(2,3)23-21-43-26-38-25-31(45-27-44-22-24-47(4,5)6)35(41)33(37-38)36(42)39-20-14-13-19-30(39)34(40)32(28-15-9-7-10-16-28)29-17-11-8-12-18-29/h7-12,15-18,25,30,32H,13-14,19-24,26-27H2,1-6H3. The fourth-order valence-electron chi connectivity index (χ4n) is 5.51. The molecule has 0 aliphatic carbocycles. The minimum absolute atomic E-state index is 0.0310. The lowest BCUT2D eigenvalue weighted by atomic mass is 9.82. The highest BCUT2D eigenvalue weighted by atomic mass is 28.3. The summed E-state index contributed by atoms with van der Waals surface area (Å²) >= 11 is 0. The SMILES string of the molecule is C[Si](C)(C)CCOCOc1cn(COCC[Si](C)(C)C)nc(C(=O)N2CCCCC2C(=O)C(c2ccccc2)c2ccccc2)c1=O. The van der Waals surface area contributed by atoms with Gasteiger partial charge in [0, 0.05) is 35.9 Å². The molecular weight excluding hydrogens is 627 g/mol. The number of amides is 1. The van der Waals surface area contributed by atoms with Crippen LogP contribution in [0.5, 0.6) is 5.75 Å². The summed E-state index contributed by atoms with van der Waals surface area (Å²) in [5.74, 6) is -1.23. The molecule has 9 nitrogen and oxygen atoms in total. The number of nitrogens with zero attached hydrogens (tertiary/aromatic N) is 3. The zero-order valence-corrected chi connectivity index (χ0v) is 30.9. The lowest BCUT2D eigenvalue weighted by Gasteiger charge is -2.36. The van der Waals surface area contributed by atoms with E-state index in [9.17, 15) is 14.4 Å². The molecule has 2 heterocycles. The molecule has 11 heteroatoms. The van der Waals surface area contributed by atoms with Crippen molar-refractivity contribution in [3.8, 4) is 5.75 Å². The molecule has 4 rings (SSSR count). The van der Waals surface area contributed by atoms with E-state index in [1.807, 2.05) is 60.7 Å². The van der Waals surface area contributed by atoms with Gasteiger partial charge in [0.2, 0.25) is 0 Å². The number of carbonyl (C=O) groups is 2. The summed E-state index contributed by atoms with van der Waals surface area (Å²) < 4.78 is 18.8. The predicted molar refractivity (Wildman–Crippen MR) is 191 cm³/mol. The van der Waals surface area contributed by atoms with Crippen molar-refractivity contribution in [3.05, 3.63) is 93.9 Å². The number of Topliss-reactive ketones (excluding diaryl/α,β-unsaturated/α-hetero) is 1. The van der Waals surface area contributed by atoms with Gasteiger partial charge < -0.3 is 19.1 Å². The number of hydrogen-bond donors (Lipinski definition) is 0. The van der Waals surface area contributed by atoms with E-state index in [2.05, 4.69) is 44.4 Å². The van der Waals surface area contributed by atoms with Gasteiger partial charge in [0.05, 0.1) is 18.2 Å². The van der Waals surface area contributed by atoms with Crippen LogP contribution in [0.2, 0.25) is 51.4 Å². The van der Waals surface area contributed by atoms with Crippen molar-refractivity contribution in [1.82, 2.24) is 14.7 Å². The number of hydrogen-bond acceptors (Lipinski definition) is 7. The van der Waals surface area contributed by atoms with E-state index < -0.39 is 39.4 Å². The molecule has 0 bridgehead atoms. The molecule has 1 aliphatic rings. The number of benzene rings is 2. The van der Waals surface area contributed by atoms with Crippen LogP contribution in [0.15, 0.2) is 71.7 Å². The summed E-state index contributed by atoms with van der Waals surface area (Å²) in [5, 5.41) is 4.45. The smallest absolute Gasteiger partial charge is 0.279 e. The van der Waals surface area contributed by atoms with Crippen molar-refractivity contribution in [3.63, 3.8) is 0 Å². The average Bonchev–Trinajstić information content (AvgIpc) is 3.04. The number of carbonyl (C=O) groups excluding carboxylic acids is 2. The first-order chi connectivity index (χ1) is 22.3. The van der Waals surface area contributed by atoms with Crippen molar-refractivity contribution in [1.29, 1.82) is 0 Å². The number of piperidine rings is 1. The second-order valence-corrected chi connectivity index (χ2v) is 25.9. The Morgan fingerprint density at radius 3 is 2.00 bits per heavy atom. The first-order valence-corrected chi connectivity index (χ1v) is 24.1. The molecule has 254 valence electrons. The maximum atomic E-state index is 14.4.